The third-order valence-electron chi connectivity index (χ3n) is 4.21. The second-order valence-electron chi connectivity index (χ2n) is 7.13. The fraction of sp³-hybridized carbons (Fsp3) is 0.250. The molecule has 0 spiro atoms. The molecule has 10 nitrogen and oxygen atoms in total. The van der Waals surface area contributed by atoms with Crippen molar-refractivity contribution in [2.45, 2.75) is 26.3 Å². The Morgan fingerprint density at radius 3 is 2.53 bits per heavy atom. The number of rotatable bonds is 9. The lowest BCUT2D eigenvalue weighted by Crippen LogP contribution is -2.36. The molecule has 0 fully saturated rings. The Hall–Kier alpha value is -3.95. The molecule has 156 valence electrons. The van der Waals surface area contributed by atoms with Crippen LogP contribution < -0.4 is 22.1 Å². The van der Waals surface area contributed by atoms with Crippen molar-refractivity contribution in [3.8, 4) is 11.4 Å². The Balaban J connectivity index is 1.86. The Morgan fingerprint density at radius 1 is 1.17 bits per heavy atom. The number of anilines is 3. The second-order valence-corrected chi connectivity index (χ2v) is 7.13. The number of hydrogen-bond donors (Lipinski definition) is 4. The molecule has 1 atom stereocenters. The van der Waals surface area contributed by atoms with Crippen molar-refractivity contribution in [1.82, 2.24) is 15.1 Å². The molecule has 0 saturated heterocycles. The lowest BCUT2D eigenvalue weighted by molar-refractivity contribution is -0.119. The van der Waals surface area contributed by atoms with Crippen LogP contribution in [-0.2, 0) is 4.79 Å². The first-order chi connectivity index (χ1) is 14.3. The van der Waals surface area contributed by atoms with Crippen LogP contribution in [-0.4, -0.2) is 33.0 Å². The maximum atomic E-state index is 11.8. The normalized spacial score (nSPS) is 11.8. The third kappa shape index (κ3) is 5.10. The lowest BCUT2D eigenvalue weighted by Gasteiger charge is -2.19. The van der Waals surface area contributed by atoms with E-state index in [1.807, 2.05) is 44.2 Å². The number of benzene rings is 1. The molecule has 1 aromatic carbocycles. The van der Waals surface area contributed by atoms with E-state index < -0.39 is 17.9 Å². The summed E-state index contributed by atoms with van der Waals surface area (Å²) in [6.07, 6.45) is 1.95. The molecule has 3 aromatic rings. The van der Waals surface area contributed by atoms with Gasteiger partial charge in [-0.15, -0.1) is 0 Å². The number of nitrogens with one attached hydrogen (secondary N) is 2. The molecule has 0 aliphatic rings. The molecule has 2 amide bonds. The first-order valence-corrected chi connectivity index (χ1v) is 9.35. The lowest BCUT2D eigenvalue weighted by atomic mass is 10.0. The summed E-state index contributed by atoms with van der Waals surface area (Å²) < 4.78 is 5.22. The van der Waals surface area contributed by atoms with Crippen LogP contribution in [0.3, 0.4) is 0 Å². The fourth-order valence-electron chi connectivity index (χ4n) is 2.85. The van der Waals surface area contributed by atoms with Crippen molar-refractivity contribution in [1.29, 1.82) is 0 Å². The zero-order chi connectivity index (χ0) is 21.7. The average molecular weight is 409 g/mol. The van der Waals surface area contributed by atoms with E-state index in [0.717, 1.165) is 5.56 Å². The largest absolute Gasteiger partial charge is 0.372 e. The van der Waals surface area contributed by atoms with E-state index in [9.17, 15) is 9.59 Å². The predicted octanol–water partition coefficient (Wildman–Crippen LogP) is 2.29. The highest BCUT2D eigenvalue weighted by Gasteiger charge is 2.19. The summed E-state index contributed by atoms with van der Waals surface area (Å²) in [5.41, 5.74) is 12.4. The van der Waals surface area contributed by atoms with Crippen LogP contribution in [0, 0.1) is 5.92 Å². The van der Waals surface area contributed by atoms with Crippen LogP contribution in [0.1, 0.15) is 30.8 Å². The van der Waals surface area contributed by atoms with Gasteiger partial charge in [0.15, 0.2) is 5.69 Å². The minimum atomic E-state index is -0.736. The average Bonchev–Trinajstić information content (AvgIpc) is 3.16. The van der Waals surface area contributed by atoms with Gasteiger partial charge < -0.3 is 26.6 Å². The SMILES string of the molecule is CC(C)C[C@@H](Nc1cnc(C(N)=O)c(Nc2nc(-c3ccccc3)no2)c1)C(N)=O. The maximum Gasteiger partial charge on any atom is 0.326 e. The second kappa shape index (κ2) is 9.03. The Morgan fingerprint density at radius 2 is 1.90 bits per heavy atom. The van der Waals surface area contributed by atoms with Gasteiger partial charge in [0.25, 0.3) is 5.91 Å². The number of primary amides is 2. The van der Waals surface area contributed by atoms with Gasteiger partial charge in [-0.05, 0) is 18.4 Å². The molecule has 2 aromatic heterocycles. The van der Waals surface area contributed by atoms with E-state index >= 15 is 0 Å². The molecule has 2 heterocycles. The summed E-state index contributed by atoms with van der Waals surface area (Å²) in [6, 6.07) is 10.3. The van der Waals surface area contributed by atoms with Crippen LogP contribution in [0.15, 0.2) is 47.1 Å². The monoisotopic (exact) mass is 409 g/mol. The molecular formula is C20H23N7O3. The van der Waals surface area contributed by atoms with E-state index in [1.165, 1.54) is 6.20 Å². The van der Waals surface area contributed by atoms with Gasteiger partial charge in [-0.3, -0.25) is 9.59 Å². The van der Waals surface area contributed by atoms with E-state index in [-0.39, 0.29) is 23.3 Å². The number of carbonyl (C=O) groups excluding carboxylic acids is 2. The zero-order valence-electron chi connectivity index (χ0n) is 16.6. The summed E-state index contributed by atoms with van der Waals surface area (Å²) in [5, 5.41) is 9.83. The first-order valence-electron chi connectivity index (χ1n) is 9.35. The standard InChI is InChI=1S/C20H23N7O3/c1-11(2)8-15(17(21)28)24-13-9-14(16(18(22)29)23-10-13)25-20-26-19(27-30-20)12-6-4-3-5-7-12/h3-7,9-11,15,24H,8H2,1-2H3,(H2,21,28)(H2,22,29)(H,25,26,27)/t15-/m1/s1. The van der Waals surface area contributed by atoms with Gasteiger partial charge in [-0.25, -0.2) is 4.98 Å². The van der Waals surface area contributed by atoms with E-state index in [0.29, 0.717) is 17.9 Å². The van der Waals surface area contributed by atoms with Crippen molar-refractivity contribution in [3.63, 3.8) is 0 Å². The quantitative estimate of drug-likeness (QED) is 0.418. The van der Waals surface area contributed by atoms with Gasteiger partial charge in [-0.2, -0.15) is 4.98 Å². The van der Waals surface area contributed by atoms with E-state index in [4.69, 9.17) is 16.0 Å². The van der Waals surface area contributed by atoms with Gasteiger partial charge in [0.1, 0.15) is 6.04 Å². The number of nitrogens with zero attached hydrogens (tertiary/aromatic N) is 3. The van der Waals surface area contributed by atoms with E-state index in [2.05, 4.69) is 25.8 Å². The summed E-state index contributed by atoms with van der Waals surface area (Å²) in [5.74, 6) is -0.589. The molecule has 0 bridgehead atoms. The van der Waals surface area contributed by atoms with Crippen LogP contribution >= 0.6 is 0 Å². The topological polar surface area (TPSA) is 162 Å². The highest BCUT2D eigenvalue weighted by atomic mass is 16.5. The van der Waals surface area contributed by atoms with E-state index in [1.54, 1.807) is 6.07 Å². The summed E-state index contributed by atoms with van der Waals surface area (Å²) in [6.45, 7) is 3.97. The number of aromatic nitrogens is 3. The van der Waals surface area contributed by atoms with Gasteiger partial charge in [0, 0.05) is 5.56 Å². The van der Waals surface area contributed by atoms with Gasteiger partial charge >= 0.3 is 6.01 Å². The highest BCUT2D eigenvalue weighted by molar-refractivity contribution is 5.97. The molecule has 0 saturated carbocycles. The van der Waals surface area contributed by atoms with Gasteiger partial charge in [0.05, 0.1) is 17.6 Å². The Kier molecular flexibility index (Phi) is 6.26. The fourth-order valence-corrected chi connectivity index (χ4v) is 2.85. The van der Waals surface area contributed by atoms with Gasteiger partial charge in [0.2, 0.25) is 11.7 Å². The number of carbonyl (C=O) groups is 2. The molecule has 6 N–H and O–H groups in total. The van der Waals surface area contributed by atoms with Crippen molar-refractivity contribution < 1.29 is 14.1 Å². The van der Waals surface area contributed by atoms with Crippen LogP contribution in [0.2, 0.25) is 0 Å². The zero-order valence-corrected chi connectivity index (χ0v) is 16.6. The molecule has 0 aliphatic heterocycles. The summed E-state index contributed by atoms with van der Waals surface area (Å²) in [4.78, 5) is 31.9. The molecule has 3 rings (SSSR count). The highest BCUT2D eigenvalue weighted by Crippen LogP contribution is 2.25. The number of hydrogen-bond acceptors (Lipinski definition) is 8. The van der Waals surface area contributed by atoms with Crippen molar-refractivity contribution in [2.24, 2.45) is 17.4 Å². The molecular weight excluding hydrogens is 386 g/mol. The number of pyridine rings is 1. The minimum Gasteiger partial charge on any atom is -0.372 e. The van der Waals surface area contributed by atoms with Gasteiger partial charge in [-0.1, -0.05) is 49.3 Å². The Labute approximate surface area is 173 Å². The summed E-state index contributed by atoms with van der Waals surface area (Å²) >= 11 is 0. The molecule has 0 radical (unpaired) electrons. The molecule has 30 heavy (non-hydrogen) atoms. The molecule has 0 aliphatic carbocycles. The maximum absolute atomic E-state index is 11.8. The third-order valence-corrected chi connectivity index (χ3v) is 4.21. The Bertz CT molecular complexity index is 1030. The van der Waals surface area contributed by atoms with Crippen molar-refractivity contribution >= 4 is 29.2 Å². The van der Waals surface area contributed by atoms with Crippen LogP contribution in [0.5, 0.6) is 0 Å². The first kappa shape index (κ1) is 20.8. The van der Waals surface area contributed by atoms with Crippen LogP contribution in [0.4, 0.5) is 17.4 Å². The van der Waals surface area contributed by atoms with Crippen LogP contribution in [0.25, 0.3) is 11.4 Å². The van der Waals surface area contributed by atoms with Crippen molar-refractivity contribution in [2.75, 3.05) is 10.6 Å². The molecule has 0 unspecified atom stereocenters. The van der Waals surface area contributed by atoms with Crippen molar-refractivity contribution in [3.05, 3.63) is 48.3 Å². The summed E-state index contributed by atoms with van der Waals surface area (Å²) in [7, 11) is 0. The predicted molar refractivity (Wildman–Crippen MR) is 112 cm³/mol. The smallest absolute Gasteiger partial charge is 0.326 e. The number of nitrogens with two attached hydrogens (primary N) is 2. The minimum absolute atomic E-state index is 0.0144. The molecule has 10 heteroatoms. The number of amides is 2.